The lowest BCUT2D eigenvalue weighted by Crippen LogP contribution is -2.44. The van der Waals surface area contributed by atoms with Crippen molar-refractivity contribution in [1.82, 2.24) is 10.2 Å². The van der Waals surface area contributed by atoms with Gasteiger partial charge in [-0.15, -0.1) is 0 Å². The van der Waals surface area contributed by atoms with Gasteiger partial charge in [0.1, 0.15) is 0 Å². The highest BCUT2D eigenvalue weighted by Crippen LogP contribution is 2.29. The topological polar surface area (TPSA) is 32.3 Å². The van der Waals surface area contributed by atoms with Gasteiger partial charge in [0, 0.05) is 25.2 Å². The van der Waals surface area contributed by atoms with Crippen molar-refractivity contribution in [3.05, 3.63) is 35.4 Å². The molecule has 2 rings (SSSR count). The number of nitrogens with zero attached hydrogens (tertiary/aromatic N) is 1. The third kappa shape index (κ3) is 4.46. The van der Waals surface area contributed by atoms with Crippen molar-refractivity contribution in [2.75, 3.05) is 13.6 Å². The van der Waals surface area contributed by atoms with Crippen LogP contribution in [0, 0.1) is 0 Å². The Kier molecular flexibility index (Phi) is 4.88. The van der Waals surface area contributed by atoms with E-state index in [-0.39, 0.29) is 18.5 Å². The largest absolute Gasteiger partial charge is 0.401 e. The fourth-order valence-electron chi connectivity index (χ4n) is 2.49. The Labute approximate surface area is 122 Å². The molecule has 0 heterocycles. The second-order valence-corrected chi connectivity index (χ2v) is 5.38. The number of halogens is 3. The van der Waals surface area contributed by atoms with Gasteiger partial charge in [0.25, 0.3) is 5.91 Å². The molecule has 1 aliphatic rings. The third-order valence-electron chi connectivity index (χ3n) is 3.78. The molecule has 0 spiro atoms. The molecular weight excluding hydrogens is 281 g/mol. The van der Waals surface area contributed by atoms with E-state index in [1.54, 1.807) is 24.3 Å². The van der Waals surface area contributed by atoms with E-state index in [1.807, 2.05) is 0 Å². The molecular formula is C15H19F3N2O. The standard InChI is InChI=1S/C15H19F3N2O/c1-19-14(21)12-5-2-4-11(8-12)9-20(10-15(16,17)18)13-6-3-7-13/h2,4-5,8,13H,3,6-7,9-10H2,1H3,(H,19,21). The maximum atomic E-state index is 12.7. The summed E-state index contributed by atoms with van der Waals surface area (Å²) in [5.41, 5.74) is 1.20. The molecule has 0 unspecified atom stereocenters. The molecule has 3 nitrogen and oxygen atoms in total. The van der Waals surface area contributed by atoms with Gasteiger partial charge in [0.05, 0.1) is 6.54 Å². The first kappa shape index (κ1) is 15.8. The third-order valence-corrected chi connectivity index (χ3v) is 3.78. The molecule has 1 aromatic carbocycles. The highest BCUT2D eigenvalue weighted by Gasteiger charge is 2.35. The lowest BCUT2D eigenvalue weighted by Gasteiger charge is -2.38. The first-order valence-corrected chi connectivity index (χ1v) is 7.01. The minimum atomic E-state index is -4.20. The van der Waals surface area contributed by atoms with Gasteiger partial charge in [-0.2, -0.15) is 13.2 Å². The van der Waals surface area contributed by atoms with Gasteiger partial charge in [-0.25, -0.2) is 0 Å². The maximum absolute atomic E-state index is 12.7. The van der Waals surface area contributed by atoms with Crippen molar-refractivity contribution >= 4 is 5.91 Å². The van der Waals surface area contributed by atoms with E-state index in [9.17, 15) is 18.0 Å². The van der Waals surface area contributed by atoms with Crippen molar-refractivity contribution < 1.29 is 18.0 Å². The lowest BCUT2D eigenvalue weighted by atomic mass is 9.91. The van der Waals surface area contributed by atoms with Crippen molar-refractivity contribution in [3.8, 4) is 0 Å². The number of carbonyl (C=O) groups excluding carboxylic acids is 1. The zero-order chi connectivity index (χ0) is 15.5. The van der Waals surface area contributed by atoms with Crippen LogP contribution in [-0.2, 0) is 6.54 Å². The van der Waals surface area contributed by atoms with E-state index in [2.05, 4.69) is 5.32 Å². The summed E-state index contributed by atoms with van der Waals surface area (Å²) in [6.07, 6.45) is -1.60. The summed E-state index contributed by atoms with van der Waals surface area (Å²) in [4.78, 5) is 13.0. The molecule has 0 atom stereocenters. The van der Waals surface area contributed by atoms with Gasteiger partial charge in [0.15, 0.2) is 0 Å². The molecule has 1 N–H and O–H groups in total. The molecule has 0 saturated heterocycles. The Morgan fingerprint density at radius 1 is 1.38 bits per heavy atom. The van der Waals surface area contributed by atoms with Crippen LogP contribution in [0.25, 0.3) is 0 Å². The van der Waals surface area contributed by atoms with Gasteiger partial charge in [-0.05, 0) is 30.5 Å². The Morgan fingerprint density at radius 2 is 2.10 bits per heavy atom. The number of carbonyl (C=O) groups is 1. The van der Waals surface area contributed by atoms with Crippen LogP contribution < -0.4 is 5.32 Å². The van der Waals surface area contributed by atoms with Gasteiger partial charge < -0.3 is 5.32 Å². The molecule has 1 fully saturated rings. The van der Waals surface area contributed by atoms with E-state index in [0.29, 0.717) is 5.56 Å². The monoisotopic (exact) mass is 300 g/mol. The van der Waals surface area contributed by atoms with Crippen LogP contribution in [-0.4, -0.2) is 36.6 Å². The molecule has 1 saturated carbocycles. The second-order valence-electron chi connectivity index (χ2n) is 5.38. The average molecular weight is 300 g/mol. The van der Waals surface area contributed by atoms with Crippen LogP contribution >= 0.6 is 0 Å². The number of alkyl halides is 3. The fraction of sp³-hybridized carbons (Fsp3) is 0.533. The van der Waals surface area contributed by atoms with E-state index >= 15 is 0 Å². The summed E-state index contributed by atoms with van der Waals surface area (Å²) < 4.78 is 38.1. The predicted molar refractivity (Wildman–Crippen MR) is 73.9 cm³/mol. The molecule has 116 valence electrons. The summed E-state index contributed by atoms with van der Waals surface area (Å²) in [6, 6.07) is 6.76. The van der Waals surface area contributed by atoms with Crippen molar-refractivity contribution in [2.45, 2.75) is 38.0 Å². The summed E-state index contributed by atoms with van der Waals surface area (Å²) in [5.74, 6) is -0.233. The summed E-state index contributed by atoms with van der Waals surface area (Å²) in [7, 11) is 1.53. The lowest BCUT2D eigenvalue weighted by molar-refractivity contribution is -0.155. The number of hydrogen-bond donors (Lipinski definition) is 1. The van der Waals surface area contributed by atoms with Gasteiger partial charge in [0.2, 0.25) is 0 Å². The van der Waals surface area contributed by atoms with Crippen LogP contribution in [0.4, 0.5) is 13.2 Å². The van der Waals surface area contributed by atoms with E-state index in [4.69, 9.17) is 0 Å². The van der Waals surface area contributed by atoms with E-state index in [0.717, 1.165) is 24.8 Å². The minimum Gasteiger partial charge on any atom is -0.355 e. The van der Waals surface area contributed by atoms with Crippen LogP contribution in [0.2, 0.25) is 0 Å². The van der Waals surface area contributed by atoms with Gasteiger partial charge >= 0.3 is 6.18 Å². The number of amides is 1. The van der Waals surface area contributed by atoms with Crippen LogP contribution in [0.15, 0.2) is 24.3 Å². The fourth-order valence-corrected chi connectivity index (χ4v) is 2.49. The molecule has 1 aliphatic carbocycles. The smallest absolute Gasteiger partial charge is 0.355 e. The Morgan fingerprint density at radius 3 is 2.62 bits per heavy atom. The Bertz CT molecular complexity index is 498. The highest BCUT2D eigenvalue weighted by molar-refractivity contribution is 5.94. The zero-order valence-corrected chi connectivity index (χ0v) is 11.9. The Hall–Kier alpha value is -1.56. The van der Waals surface area contributed by atoms with Crippen molar-refractivity contribution in [2.24, 2.45) is 0 Å². The van der Waals surface area contributed by atoms with Crippen molar-refractivity contribution in [1.29, 1.82) is 0 Å². The molecule has 0 radical (unpaired) electrons. The van der Waals surface area contributed by atoms with Crippen LogP contribution in [0.5, 0.6) is 0 Å². The molecule has 0 aromatic heterocycles. The summed E-state index contributed by atoms with van der Waals surface area (Å²) in [5, 5.41) is 2.51. The van der Waals surface area contributed by atoms with Crippen LogP contribution in [0.1, 0.15) is 35.2 Å². The number of rotatable bonds is 5. The minimum absolute atomic E-state index is 0.00437. The molecule has 0 bridgehead atoms. The zero-order valence-electron chi connectivity index (χ0n) is 11.9. The molecule has 0 aliphatic heterocycles. The Balaban J connectivity index is 2.10. The van der Waals surface area contributed by atoms with E-state index < -0.39 is 12.7 Å². The highest BCUT2D eigenvalue weighted by atomic mass is 19.4. The van der Waals surface area contributed by atoms with E-state index in [1.165, 1.54) is 11.9 Å². The van der Waals surface area contributed by atoms with Gasteiger partial charge in [-0.3, -0.25) is 9.69 Å². The molecule has 1 aromatic rings. The van der Waals surface area contributed by atoms with Crippen LogP contribution in [0.3, 0.4) is 0 Å². The average Bonchev–Trinajstić information content (AvgIpc) is 2.34. The number of hydrogen-bond acceptors (Lipinski definition) is 2. The quantitative estimate of drug-likeness (QED) is 0.906. The number of benzene rings is 1. The first-order valence-electron chi connectivity index (χ1n) is 7.01. The molecule has 21 heavy (non-hydrogen) atoms. The summed E-state index contributed by atoms with van der Waals surface area (Å²) >= 11 is 0. The van der Waals surface area contributed by atoms with Crippen molar-refractivity contribution in [3.63, 3.8) is 0 Å². The maximum Gasteiger partial charge on any atom is 0.401 e. The first-order chi connectivity index (χ1) is 9.89. The predicted octanol–water partition coefficient (Wildman–Crippen LogP) is 2.96. The normalized spacial score (nSPS) is 15.9. The molecule has 1 amide bonds. The van der Waals surface area contributed by atoms with Gasteiger partial charge in [-0.1, -0.05) is 18.6 Å². The SMILES string of the molecule is CNC(=O)c1cccc(CN(CC(F)(F)F)C2CCC2)c1. The summed E-state index contributed by atoms with van der Waals surface area (Å²) in [6.45, 7) is -0.684. The second kappa shape index (κ2) is 6.47. The number of nitrogens with one attached hydrogen (secondary N) is 1. The molecule has 6 heteroatoms.